The highest BCUT2D eigenvalue weighted by atomic mass is 32.2. The Morgan fingerprint density at radius 3 is 2.14 bits per heavy atom. The fraction of sp³-hybridized carbons (Fsp3) is 0.333. The Morgan fingerprint density at radius 2 is 1.59 bits per heavy atom. The molecule has 0 heterocycles. The lowest BCUT2D eigenvalue weighted by Crippen LogP contribution is -2.28. The van der Waals surface area contributed by atoms with E-state index in [1.54, 1.807) is 50.2 Å². The number of hydrogen-bond acceptors (Lipinski definition) is 6. The van der Waals surface area contributed by atoms with Gasteiger partial charge in [0, 0.05) is 6.54 Å². The van der Waals surface area contributed by atoms with Gasteiger partial charge in [-0.15, -0.1) is 0 Å². The van der Waals surface area contributed by atoms with Crippen LogP contribution in [-0.2, 0) is 30.9 Å². The molecule has 0 saturated carbocycles. The van der Waals surface area contributed by atoms with E-state index in [0.717, 1.165) is 5.56 Å². The summed E-state index contributed by atoms with van der Waals surface area (Å²) in [5.41, 5.74) is 3.42. The molecular weight excluding hydrogens is 394 g/mol. The van der Waals surface area contributed by atoms with Crippen LogP contribution in [0.4, 0.5) is 0 Å². The molecule has 0 atom stereocenters. The second-order valence-electron chi connectivity index (χ2n) is 6.72. The van der Waals surface area contributed by atoms with Gasteiger partial charge in [-0.2, -0.15) is 0 Å². The molecule has 8 heteroatoms. The van der Waals surface area contributed by atoms with Crippen molar-refractivity contribution in [2.75, 3.05) is 13.7 Å². The van der Waals surface area contributed by atoms with E-state index in [-0.39, 0.29) is 24.5 Å². The zero-order valence-corrected chi connectivity index (χ0v) is 17.8. The number of ether oxygens (including phenoxy) is 2. The van der Waals surface area contributed by atoms with Crippen molar-refractivity contribution in [1.29, 1.82) is 0 Å². The normalized spacial score (nSPS) is 11.2. The summed E-state index contributed by atoms with van der Waals surface area (Å²) >= 11 is 0. The summed E-state index contributed by atoms with van der Waals surface area (Å²) < 4.78 is 37.3. The largest absolute Gasteiger partial charge is 0.465 e. The van der Waals surface area contributed by atoms with Crippen molar-refractivity contribution < 1.29 is 27.5 Å². The molecule has 156 valence electrons. The highest BCUT2D eigenvalue weighted by Gasteiger charge is 2.20. The third-order valence-electron chi connectivity index (χ3n) is 4.27. The summed E-state index contributed by atoms with van der Waals surface area (Å²) in [7, 11) is -2.42. The predicted octanol–water partition coefficient (Wildman–Crippen LogP) is 2.81. The van der Waals surface area contributed by atoms with Crippen LogP contribution in [0.25, 0.3) is 0 Å². The minimum Gasteiger partial charge on any atom is -0.465 e. The van der Waals surface area contributed by atoms with Crippen molar-refractivity contribution in [3.8, 4) is 0 Å². The number of rotatable bonds is 8. The van der Waals surface area contributed by atoms with Crippen molar-refractivity contribution in [2.24, 2.45) is 0 Å². The van der Waals surface area contributed by atoms with Gasteiger partial charge in [0.05, 0.1) is 24.0 Å². The Labute approximate surface area is 171 Å². The van der Waals surface area contributed by atoms with Gasteiger partial charge in [-0.3, -0.25) is 4.79 Å². The zero-order valence-electron chi connectivity index (χ0n) is 16.9. The molecule has 0 saturated heterocycles. The molecule has 1 N–H and O–H groups in total. The first kappa shape index (κ1) is 22.6. The number of carbonyl (C=O) groups is 2. The lowest BCUT2D eigenvalue weighted by Gasteiger charge is -2.13. The first-order valence-electron chi connectivity index (χ1n) is 9.04. The molecule has 0 unspecified atom stereocenters. The Balaban J connectivity index is 1.86. The molecule has 2 aromatic carbocycles. The van der Waals surface area contributed by atoms with E-state index in [0.29, 0.717) is 22.3 Å². The van der Waals surface area contributed by atoms with Crippen LogP contribution < -0.4 is 4.72 Å². The number of benzene rings is 2. The van der Waals surface area contributed by atoms with Crippen LogP contribution in [0, 0.1) is 20.8 Å². The Kier molecular flexibility index (Phi) is 7.53. The van der Waals surface area contributed by atoms with Gasteiger partial charge in [0.1, 0.15) is 6.61 Å². The number of nitrogens with one attached hydrogen (secondary N) is 1. The maximum absolute atomic E-state index is 12.6. The van der Waals surface area contributed by atoms with Crippen LogP contribution in [0.5, 0.6) is 0 Å². The van der Waals surface area contributed by atoms with Gasteiger partial charge in [0.2, 0.25) is 10.0 Å². The monoisotopic (exact) mass is 419 g/mol. The maximum atomic E-state index is 12.6. The summed E-state index contributed by atoms with van der Waals surface area (Å²) in [6, 6.07) is 10.1. The maximum Gasteiger partial charge on any atom is 0.337 e. The van der Waals surface area contributed by atoms with E-state index in [9.17, 15) is 18.0 Å². The molecule has 2 aromatic rings. The van der Waals surface area contributed by atoms with E-state index < -0.39 is 22.0 Å². The van der Waals surface area contributed by atoms with Gasteiger partial charge in [-0.05, 0) is 49.6 Å². The Bertz CT molecular complexity index is 973. The number of methoxy groups -OCH3 is 1. The minimum absolute atomic E-state index is 0.0310. The Morgan fingerprint density at radius 1 is 1.00 bits per heavy atom. The highest BCUT2D eigenvalue weighted by Crippen LogP contribution is 2.21. The Hall–Kier alpha value is -2.71. The summed E-state index contributed by atoms with van der Waals surface area (Å²) in [6.07, 6.45) is -0.0938. The van der Waals surface area contributed by atoms with Crippen molar-refractivity contribution in [3.05, 3.63) is 64.2 Å². The molecule has 2 rings (SSSR count). The van der Waals surface area contributed by atoms with Crippen molar-refractivity contribution in [2.45, 2.75) is 38.7 Å². The van der Waals surface area contributed by atoms with Crippen LogP contribution in [0.1, 0.15) is 39.0 Å². The first-order valence-corrected chi connectivity index (χ1v) is 10.5. The molecule has 0 radical (unpaired) electrons. The number of esters is 2. The van der Waals surface area contributed by atoms with Crippen LogP contribution in [0.2, 0.25) is 0 Å². The van der Waals surface area contributed by atoms with Crippen LogP contribution >= 0.6 is 0 Å². The first-order chi connectivity index (χ1) is 13.6. The number of hydrogen-bond donors (Lipinski definition) is 1. The highest BCUT2D eigenvalue weighted by molar-refractivity contribution is 7.89. The lowest BCUT2D eigenvalue weighted by atomic mass is 10.1. The van der Waals surface area contributed by atoms with E-state index in [4.69, 9.17) is 4.74 Å². The molecular formula is C21H25NO6S. The molecule has 0 spiro atoms. The SMILES string of the molecule is COC(=O)c1ccc(COC(=O)CCNS(=O)(=O)c2c(C)cc(C)cc2C)cc1. The van der Waals surface area contributed by atoms with Gasteiger partial charge >= 0.3 is 11.9 Å². The molecule has 0 bridgehead atoms. The molecule has 0 fully saturated rings. The molecule has 0 aliphatic rings. The van der Waals surface area contributed by atoms with Crippen LogP contribution in [0.3, 0.4) is 0 Å². The minimum atomic E-state index is -3.72. The van der Waals surface area contributed by atoms with Gasteiger partial charge in [-0.25, -0.2) is 17.9 Å². The smallest absolute Gasteiger partial charge is 0.337 e. The topological polar surface area (TPSA) is 98.8 Å². The van der Waals surface area contributed by atoms with Crippen molar-refractivity contribution >= 4 is 22.0 Å². The molecule has 29 heavy (non-hydrogen) atoms. The van der Waals surface area contributed by atoms with E-state index in [1.165, 1.54) is 7.11 Å². The van der Waals surface area contributed by atoms with Gasteiger partial charge in [0.25, 0.3) is 0 Å². The fourth-order valence-electron chi connectivity index (χ4n) is 3.04. The van der Waals surface area contributed by atoms with Crippen LogP contribution in [-0.4, -0.2) is 34.0 Å². The molecule has 0 amide bonds. The van der Waals surface area contributed by atoms with E-state index in [2.05, 4.69) is 9.46 Å². The quantitative estimate of drug-likeness (QED) is 0.661. The average molecular weight is 419 g/mol. The summed E-state index contributed by atoms with van der Waals surface area (Å²) in [4.78, 5) is 23.5. The summed E-state index contributed by atoms with van der Waals surface area (Å²) in [6.45, 7) is 5.36. The average Bonchev–Trinajstić information content (AvgIpc) is 2.65. The number of aryl methyl sites for hydroxylation is 3. The number of sulfonamides is 1. The number of carbonyl (C=O) groups excluding carboxylic acids is 2. The lowest BCUT2D eigenvalue weighted by molar-refractivity contribution is -0.144. The van der Waals surface area contributed by atoms with Crippen molar-refractivity contribution in [3.63, 3.8) is 0 Å². The summed E-state index contributed by atoms with van der Waals surface area (Å²) in [5, 5.41) is 0. The van der Waals surface area contributed by atoms with E-state index in [1.807, 2.05) is 6.92 Å². The van der Waals surface area contributed by atoms with Crippen molar-refractivity contribution in [1.82, 2.24) is 4.72 Å². The zero-order chi connectivity index (χ0) is 21.6. The van der Waals surface area contributed by atoms with Gasteiger partial charge in [-0.1, -0.05) is 29.8 Å². The van der Waals surface area contributed by atoms with Gasteiger partial charge in [0.15, 0.2) is 0 Å². The summed E-state index contributed by atoms with van der Waals surface area (Å²) in [5.74, 6) is -0.970. The fourth-order valence-corrected chi connectivity index (χ4v) is 4.52. The van der Waals surface area contributed by atoms with Gasteiger partial charge < -0.3 is 9.47 Å². The van der Waals surface area contributed by atoms with Crippen LogP contribution in [0.15, 0.2) is 41.3 Å². The third kappa shape index (κ3) is 6.13. The molecule has 0 aliphatic carbocycles. The standard InChI is InChI=1S/C21H25NO6S/c1-14-11-15(2)20(16(3)12-14)29(25,26)22-10-9-19(23)28-13-17-5-7-18(8-6-17)21(24)27-4/h5-8,11-12,22H,9-10,13H2,1-4H3. The predicted molar refractivity (Wildman–Crippen MR) is 108 cm³/mol. The third-order valence-corrected chi connectivity index (χ3v) is 6.04. The molecule has 0 aliphatic heterocycles. The second-order valence-corrected chi connectivity index (χ2v) is 8.43. The second kappa shape index (κ2) is 9.67. The molecule has 7 nitrogen and oxygen atoms in total. The van der Waals surface area contributed by atoms with E-state index >= 15 is 0 Å². The molecule has 0 aromatic heterocycles.